The number of piperidine rings is 5. The number of H-pyrrole nitrogens is 2. The first-order chi connectivity index (χ1) is 22.4. The van der Waals surface area contributed by atoms with Crippen molar-refractivity contribution in [3.05, 3.63) is 82.2 Å². The molecule has 2 N–H and O–H groups in total. The lowest BCUT2D eigenvalue weighted by Crippen LogP contribution is -2.79. The van der Waals surface area contributed by atoms with E-state index in [1.807, 2.05) is 0 Å². The van der Waals surface area contributed by atoms with Crippen LogP contribution in [0.1, 0.15) is 73.5 Å². The van der Waals surface area contributed by atoms with Gasteiger partial charge in [-0.05, 0) is 66.9 Å². The van der Waals surface area contributed by atoms with Crippen LogP contribution in [0.15, 0.2) is 54.1 Å². The van der Waals surface area contributed by atoms with Crippen molar-refractivity contribution >= 4 is 27.8 Å². The summed E-state index contributed by atoms with van der Waals surface area (Å²) in [4.78, 5) is 24.6. The van der Waals surface area contributed by atoms with Gasteiger partial charge in [-0.25, -0.2) is 0 Å². The number of fused-ring (bicyclic) bond motifs is 8. The van der Waals surface area contributed by atoms with Crippen LogP contribution in [0.5, 0.6) is 0 Å². The Kier molecular flexibility index (Phi) is 5.66. The van der Waals surface area contributed by atoms with Crippen LogP contribution in [0.25, 0.3) is 21.8 Å². The van der Waals surface area contributed by atoms with Crippen molar-refractivity contribution in [1.29, 1.82) is 0 Å². The van der Waals surface area contributed by atoms with Crippen LogP contribution >= 0.6 is 0 Å². The van der Waals surface area contributed by atoms with Crippen molar-refractivity contribution in [1.82, 2.24) is 14.9 Å². The lowest BCUT2D eigenvalue weighted by Gasteiger charge is -2.67. The normalized spacial score (nSPS) is 39.4. The SMILES string of the molecule is C/C=C1/C[N+]2(C)[C@@H]3Cc4c([nH]c5ccccc45)[C@]2(c2ccc4c5c([nH]c4c2)[C@@H]2C[C@H]4C[C@H](CC)[C@@H]2N(CC5)C4)C[C@H]1[C@H]3C(=O)OC. The number of para-hydroxylation sites is 1. The smallest absolute Gasteiger partial charge is 0.315 e. The summed E-state index contributed by atoms with van der Waals surface area (Å²) in [6.07, 6.45) is 9.29. The van der Waals surface area contributed by atoms with Gasteiger partial charge in [-0.3, -0.25) is 9.69 Å². The fourth-order valence-electron chi connectivity index (χ4n) is 12.6. The second-order valence-electron chi connectivity index (χ2n) is 15.9. The number of carbonyl (C=O) groups excluding carboxylic acids is 1. The Hall–Kier alpha value is -3.35. The molecule has 2 aromatic carbocycles. The van der Waals surface area contributed by atoms with Gasteiger partial charge in [0.15, 0.2) is 5.54 Å². The molecule has 46 heavy (non-hydrogen) atoms. The van der Waals surface area contributed by atoms with E-state index in [0.29, 0.717) is 12.0 Å². The molecular formula is C40H47N4O2+. The molecule has 8 bridgehead atoms. The standard InChI is InChI=1S/C40H47N4O2/c1-5-23-15-22-16-30-36-28(13-14-43(20-22)37(23)30)27-12-11-25(17-33(27)41-36)40-19-31-24(6-2)21-44(40,3)34(35(31)39(45)46-4)18-29-26-9-7-8-10-32(26)42-38(29)40/h6-12,17,22-23,30-31,34-35,37,41-42H,5,13-16,18-21H2,1-4H3/q+1/b24-6-/t22-,23+,30+,31-,34-,35-,37+,40-,44?/m1/s1. The number of benzene rings is 2. The summed E-state index contributed by atoms with van der Waals surface area (Å²) < 4.78 is 6.37. The Bertz CT molecular complexity index is 1970. The molecule has 8 aliphatic rings. The number of ether oxygens (including phenoxy) is 1. The first-order valence-electron chi connectivity index (χ1n) is 18.0. The maximum Gasteiger partial charge on any atom is 0.315 e. The number of quaternary nitrogens is 1. The van der Waals surface area contributed by atoms with Gasteiger partial charge in [0.25, 0.3) is 0 Å². The summed E-state index contributed by atoms with van der Waals surface area (Å²) in [6, 6.07) is 17.1. The van der Waals surface area contributed by atoms with Crippen molar-refractivity contribution in [2.24, 2.45) is 23.7 Å². The molecule has 6 fully saturated rings. The zero-order valence-electron chi connectivity index (χ0n) is 27.7. The Labute approximate surface area is 271 Å². The van der Waals surface area contributed by atoms with E-state index in [1.165, 1.54) is 76.6 Å². The Morgan fingerprint density at radius 3 is 2.76 bits per heavy atom. The average Bonchev–Trinajstić information content (AvgIpc) is 3.61. The molecule has 238 valence electrons. The number of hydrogen-bond donors (Lipinski definition) is 2. The molecule has 5 saturated heterocycles. The van der Waals surface area contributed by atoms with Gasteiger partial charge in [-0.2, -0.15) is 0 Å². The topological polar surface area (TPSA) is 61.1 Å². The number of likely N-dealkylation sites (N-methyl/N-ethyl adjacent to an activating group) is 1. The minimum absolute atomic E-state index is 0.0416. The van der Waals surface area contributed by atoms with E-state index in [0.717, 1.165) is 42.1 Å². The quantitative estimate of drug-likeness (QED) is 0.152. The number of esters is 1. The second kappa shape index (κ2) is 9.38. The van der Waals surface area contributed by atoms with E-state index >= 15 is 0 Å². The van der Waals surface area contributed by atoms with Crippen LogP contribution in [0, 0.1) is 23.7 Å². The first kappa shape index (κ1) is 27.7. The number of nitrogens with one attached hydrogen (secondary N) is 2. The van der Waals surface area contributed by atoms with Crippen molar-refractivity contribution in [2.45, 2.75) is 75.9 Å². The number of hydrogen-bond acceptors (Lipinski definition) is 3. The summed E-state index contributed by atoms with van der Waals surface area (Å²) in [5, 5.41) is 2.74. The van der Waals surface area contributed by atoms with Gasteiger partial charge in [0, 0.05) is 76.9 Å². The van der Waals surface area contributed by atoms with E-state index in [9.17, 15) is 4.79 Å². The van der Waals surface area contributed by atoms with Gasteiger partial charge >= 0.3 is 5.97 Å². The molecule has 9 heterocycles. The second-order valence-corrected chi connectivity index (χ2v) is 15.9. The van der Waals surface area contributed by atoms with E-state index in [4.69, 9.17) is 4.74 Å². The molecule has 6 heteroatoms. The number of aromatic nitrogens is 2. The van der Waals surface area contributed by atoms with Gasteiger partial charge in [0.05, 0.1) is 19.9 Å². The maximum atomic E-state index is 13.6. The maximum absolute atomic E-state index is 13.6. The highest BCUT2D eigenvalue weighted by Crippen LogP contribution is 2.64. The van der Waals surface area contributed by atoms with Crippen LogP contribution in [-0.4, -0.2) is 71.2 Å². The molecule has 0 radical (unpaired) electrons. The Morgan fingerprint density at radius 2 is 1.93 bits per heavy atom. The third-order valence-corrected chi connectivity index (χ3v) is 14.4. The predicted octanol–water partition coefficient (Wildman–Crippen LogP) is 6.79. The highest BCUT2D eigenvalue weighted by atomic mass is 16.5. The number of allylic oxidation sites excluding steroid dienone is 1. The van der Waals surface area contributed by atoms with Gasteiger partial charge in [-0.15, -0.1) is 0 Å². The van der Waals surface area contributed by atoms with Crippen LogP contribution in [-0.2, 0) is 27.9 Å². The van der Waals surface area contributed by atoms with Gasteiger partial charge < -0.3 is 19.2 Å². The van der Waals surface area contributed by atoms with Crippen molar-refractivity contribution in [3.63, 3.8) is 0 Å². The lowest BCUT2D eigenvalue weighted by atomic mass is 9.55. The zero-order chi connectivity index (χ0) is 31.1. The summed E-state index contributed by atoms with van der Waals surface area (Å²) in [5.41, 5.74) is 10.9. The molecule has 2 aromatic heterocycles. The number of methoxy groups -OCH3 is 1. The largest absolute Gasteiger partial charge is 0.469 e. The fourth-order valence-corrected chi connectivity index (χ4v) is 12.6. The summed E-state index contributed by atoms with van der Waals surface area (Å²) in [5.74, 6) is 2.28. The highest BCUT2D eigenvalue weighted by Gasteiger charge is 2.71. The summed E-state index contributed by atoms with van der Waals surface area (Å²) >= 11 is 0. The summed E-state index contributed by atoms with van der Waals surface area (Å²) in [7, 11) is 4.02. The monoisotopic (exact) mass is 615 g/mol. The molecular weight excluding hydrogens is 568 g/mol. The fraction of sp³-hybridized carbons (Fsp3) is 0.525. The minimum atomic E-state index is -0.274. The molecule has 2 unspecified atom stereocenters. The lowest BCUT2D eigenvalue weighted by molar-refractivity contribution is -0.997. The van der Waals surface area contributed by atoms with Gasteiger partial charge in [-0.1, -0.05) is 49.8 Å². The number of rotatable bonds is 3. The van der Waals surface area contributed by atoms with Crippen LogP contribution in [0.3, 0.4) is 0 Å². The molecule has 10 atom stereocenters. The number of nitrogens with zero attached hydrogens (tertiary/aromatic N) is 2. The molecule has 0 amide bonds. The predicted molar refractivity (Wildman–Crippen MR) is 182 cm³/mol. The number of aromatic amines is 2. The molecule has 6 nitrogen and oxygen atoms in total. The highest BCUT2D eigenvalue weighted by molar-refractivity contribution is 5.88. The summed E-state index contributed by atoms with van der Waals surface area (Å²) in [6.45, 7) is 8.03. The third-order valence-electron chi connectivity index (χ3n) is 14.4. The van der Waals surface area contributed by atoms with Crippen LogP contribution in [0.2, 0.25) is 0 Å². The molecule has 0 spiro atoms. The van der Waals surface area contributed by atoms with Gasteiger partial charge in [0.2, 0.25) is 0 Å². The van der Waals surface area contributed by atoms with Crippen molar-refractivity contribution in [2.75, 3.05) is 33.8 Å². The van der Waals surface area contributed by atoms with Crippen LogP contribution in [0.4, 0.5) is 0 Å². The van der Waals surface area contributed by atoms with Crippen molar-refractivity contribution in [3.8, 4) is 0 Å². The first-order valence-corrected chi connectivity index (χ1v) is 18.0. The Morgan fingerprint density at radius 1 is 1.09 bits per heavy atom. The van der Waals surface area contributed by atoms with Crippen LogP contribution < -0.4 is 0 Å². The zero-order valence-corrected chi connectivity index (χ0v) is 27.7. The molecule has 7 aliphatic heterocycles. The van der Waals surface area contributed by atoms with Crippen molar-refractivity contribution < 1.29 is 14.0 Å². The van der Waals surface area contributed by atoms with E-state index in [-0.39, 0.29) is 29.4 Å². The average molecular weight is 616 g/mol. The molecule has 1 saturated carbocycles. The van der Waals surface area contributed by atoms with Gasteiger partial charge in [0.1, 0.15) is 18.5 Å². The Balaban J connectivity index is 1.19. The number of carbonyl (C=O) groups is 1. The minimum Gasteiger partial charge on any atom is -0.469 e. The molecule has 4 aromatic rings. The molecule has 12 rings (SSSR count). The van der Waals surface area contributed by atoms with E-state index in [1.54, 1.807) is 18.4 Å². The third kappa shape index (κ3) is 3.23. The van der Waals surface area contributed by atoms with E-state index < -0.39 is 0 Å². The van der Waals surface area contributed by atoms with E-state index in [2.05, 4.69) is 84.3 Å². The molecule has 1 aliphatic carbocycles.